The van der Waals surface area contributed by atoms with Crippen LogP contribution in [0.1, 0.15) is 49.8 Å². The quantitative estimate of drug-likeness (QED) is 0.648. The van der Waals surface area contributed by atoms with Crippen molar-refractivity contribution in [3.63, 3.8) is 0 Å². The summed E-state index contributed by atoms with van der Waals surface area (Å²) in [5.41, 5.74) is 1.76. The topological polar surface area (TPSA) is 20.2 Å². The van der Waals surface area contributed by atoms with Gasteiger partial charge in [-0.3, -0.25) is 0 Å². The Bertz CT molecular complexity index is 600. The molecule has 0 unspecified atom stereocenters. The van der Waals surface area contributed by atoms with Crippen molar-refractivity contribution < 1.29 is 18.3 Å². The van der Waals surface area contributed by atoms with Gasteiger partial charge in [0.2, 0.25) is 0 Å². The fourth-order valence-corrected chi connectivity index (χ4v) is 2.50. The number of rotatable bonds is 6. The molecule has 23 heavy (non-hydrogen) atoms. The molecule has 0 fully saturated rings. The van der Waals surface area contributed by atoms with E-state index < -0.39 is 17.8 Å². The van der Waals surface area contributed by atoms with Gasteiger partial charge in [0.25, 0.3) is 0 Å². The smallest absolute Gasteiger partial charge is 0.388 e. The Morgan fingerprint density at radius 2 is 1.39 bits per heavy atom. The first-order valence-corrected chi connectivity index (χ1v) is 7.87. The first kappa shape index (κ1) is 17.5. The second kappa shape index (κ2) is 7.64. The number of unbranched alkanes of at least 4 members (excludes halogenated alkanes) is 2. The Labute approximate surface area is 134 Å². The maximum Gasteiger partial charge on any atom is 0.416 e. The first-order chi connectivity index (χ1) is 10.9. The maximum atomic E-state index is 12.6. The average molecular weight is 322 g/mol. The van der Waals surface area contributed by atoms with Crippen molar-refractivity contribution in [3.8, 4) is 11.1 Å². The third-order valence-electron chi connectivity index (χ3n) is 3.92. The Kier molecular flexibility index (Phi) is 5.83. The highest BCUT2D eigenvalue weighted by atomic mass is 19.4. The standard InChI is InChI=1S/C19H21F3O/c1-2-3-4-5-18(23)16-8-6-14(7-9-16)15-10-12-17(13-11-15)19(20,21)22/h6-13,18,23H,2-5H2,1H3/t18-/m1/s1. The predicted octanol–water partition coefficient (Wildman–Crippen LogP) is 5.99. The average Bonchev–Trinajstić information content (AvgIpc) is 2.54. The number of benzene rings is 2. The Morgan fingerprint density at radius 1 is 0.870 bits per heavy atom. The number of hydrogen-bond donors (Lipinski definition) is 1. The summed E-state index contributed by atoms with van der Waals surface area (Å²) in [6.45, 7) is 2.12. The van der Waals surface area contributed by atoms with E-state index in [0.717, 1.165) is 54.5 Å². The van der Waals surface area contributed by atoms with Crippen LogP contribution in [-0.2, 0) is 6.18 Å². The zero-order valence-electron chi connectivity index (χ0n) is 13.1. The summed E-state index contributed by atoms with van der Waals surface area (Å²) in [4.78, 5) is 0. The summed E-state index contributed by atoms with van der Waals surface area (Å²) in [7, 11) is 0. The second-order valence-electron chi connectivity index (χ2n) is 5.71. The van der Waals surface area contributed by atoms with Crippen molar-refractivity contribution in [1.29, 1.82) is 0 Å². The summed E-state index contributed by atoms with van der Waals surface area (Å²) in [6.07, 6.45) is -0.875. The predicted molar refractivity (Wildman–Crippen MR) is 86.0 cm³/mol. The molecule has 0 saturated carbocycles. The van der Waals surface area contributed by atoms with Crippen molar-refractivity contribution in [1.82, 2.24) is 0 Å². The Morgan fingerprint density at radius 3 is 1.87 bits per heavy atom. The monoisotopic (exact) mass is 322 g/mol. The normalized spacial score (nSPS) is 13.1. The lowest BCUT2D eigenvalue weighted by molar-refractivity contribution is -0.137. The number of aliphatic hydroxyl groups excluding tert-OH is 1. The number of hydrogen-bond acceptors (Lipinski definition) is 1. The second-order valence-corrected chi connectivity index (χ2v) is 5.71. The lowest BCUT2D eigenvalue weighted by Gasteiger charge is -2.12. The summed E-state index contributed by atoms with van der Waals surface area (Å²) in [5.74, 6) is 0. The van der Waals surface area contributed by atoms with Crippen LogP contribution in [0.15, 0.2) is 48.5 Å². The molecule has 1 nitrogen and oxygen atoms in total. The zero-order valence-corrected chi connectivity index (χ0v) is 13.1. The van der Waals surface area contributed by atoms with Gasteiger partial charge in [-0.15, -0.1) is 0 Å². The van der Waals surface area contributed by atoms with E-state index in [1.54, 1.807) is 0 Å². The fraction of sp³-hybridized carbons (Fsp3) is 0.368. The molecule has 4 heteroatoms. The van der Waals surface area contributed by atoms with Crippen molar-refractivity contribution in [2.24, 2.45) is 0 Å². The molecule has 2 rings (SSSR count). The van der Waals surface area contributed by atoms with Gasteiger partial charge in [-0.25, -0.2) is 0 Å². The van der Waals surface area contributed by atoms with Gasteiger partial charge in [0.15, 0.2) is 0 Å². The van der Waals surface area contributed by atoms with Gasteiger partial charge in [0, 0.05) is 0 Å². The molecule has 0 aliphatic heterocycles. The number of alkyl halides is 3. The van der Waals surface area contributed by atoms with Crippen LogP contribution in [0.25, 0.3) is 11.1 Å². The minimum Gasteiger partial charge on any atom is -0.388 e. The van der Waals surface area contributed by atoms with Gasteiger partial charge in [0.05, 0.1) is 11.7 Å². The van der Waals surface area contributed by atoms with Crippen LogP contribution in [-0.4, -0.2) is 5.11 Å². The van der Waals surface area contributed by atoms with E-state index in [4.69, 9.17) is 0 Å². The van der Waals surface area contributed by atoms with E-state index in [-0.39, 0.29) is 0 Å². The highest BCUT2D eigenvalue weighted by molar-refractivity contribution is 5.64. The third kappa shape index (κ3) is 4.83. The lowest BCUT2D eigenvalue weighted by Crippen LogP contribution is -2.04. The van der Waals surface area contributed by atoms with Crippen molar-refractivity contribution in [3.05, 3.63) is 59.7 Å². The maximum absolute atomic E-state index is 12.6. The van der Waals surface area contributed by atoms with Crippen LogP contribution in [0.2, 0.25) is 0 Å². The molecule has 0 aliphatic rings. The molecular weight excluding hydrogens is 301 g/mol. The minimum absolute atomic E-state index is 0.483. The van der Waals surface area contributed by atoms with E-state index in [1.165, 1.54) is 12.1 Å². The molecule has 1 atom stereocenters. The van der Waals surface area contributed by atoms with E-state index in [2.05, 4.69) is 6.92 Å². The molecular formula is C19H21F3O. The highest BCUT2D eigenvalue weighted by Gasteiger charge is 2.29. The van der Waals surface area contributed by atoms with E-state index in [9.17, 15) is 18.3 Å². The van der Waals surface area contributed by atoms with E-state index >= 15 is 0 Å². The largest absolute Gasteiger partial charge is 0.416 e. The van der Waals surface area contributed by atoms with E-state index in [0.29, 0.717) is 0 Å². The molecule has 0 spiro atoms. The molecule has 2 aromatic rings. The molecule has 0 radical (unpaired) electrons. The van der Waals surface area contributed by atoms with Crippen molar-refractivity contribution in [2.75, 3.05) is 0 Å². The van der Waals surface area contributed by atoms with Gasteiger partial charge < -0.3 is 5.11 Å². The molecule has 0 heterocycles. The number of halogens is 3. The van der Waals surface area contributed by atoms with Gasteiger partial charge in [-0.1, -0.05) is 62.6 Å². The fourth-order valence-electron chi connectivity index (χ4n) is 2.50. The van der Waals surface area contributed by atoms with Gasteiger partial charge >= 0.3 is 6.18 Å². The van der Waals surface area contributed by atoms with Crippen molar-refractivity contribution >= 4 is 0 Å². The molecule has 1 N–H and O–H groups in total. The third-order valence-corrected chi connectivity index (χ3v) is 3.92. The van der Waals surface area contributed by atoms with Crippen LogP contribution in [0.4, 0.5) is 13.2 Å². The summed E-state index contributed by atoms with van der Waals surface area (Å²) in [5, 5.41) is 10.1. The molecule has 124 valence electrons. The minimum atomic E-state index is -4.31. The van der Waals surface area contributed by atoms with Crippen LogP contribution in [0.3, 0.4) is 0 Å². The van der Waals surface area contributed by atoms with Gasteiger partial charge in [-0.05, 0) is 35.2 Å². The molecule has 0 saturated heterocycles. The lowest BCUT2D eigenvalue weighted by atomic mass is 9.98. The van der Waals surface area contributed by atoms with Crippen LogP contribution in [0, 0.1) is 0 Å². The van der Waals surface area contributed by atoms with Crippen molar-refractivity contribution in [2.45, 2.75) is 44.9 Å². The highest BCUT2D eigenvalue weighted by Crippen LogP contribution is 2.31. The SMILES string of the molecule is CCCCC[C@@H](O)c1ccc(-c2ccc(C(F)(F)F)cc2)cc1. The summed E-state index contributed by atoms with van der Waals surface area (Å²) < 4.78 is 37.7. The molecule has 0 aromatic heterocycles. The molecule has 2 aromatic carbocycles. The van der Waals surface area contributed by atoms with Gasteiger partial charge in [0.1, 0.15) is 0 Å². The van der Waals surface area contributed by atoms with Crippen LogP contribution in [0.5, 0.6) is 0 Å². The number of aliphatic hydroxyl groups is 1. The van der Waals surface area contributed by atoms with Crippen LogP contribution >= 0.6 is 0 Å². The Balaban J connectivity index is 2.07. The van der Waals surface area contributed by atoms with E-state index in [1.807, 2.05) is 24.3 Å². The molecule has 0 bridgehead atoms. The summed E-state index contributed by atoms with van der Waals surface area (Å²) in [6, 6.07) is 12.5. The zero-order chi connectivity index (χ0) is 16.9. The van der Waals surface area contributed by atoms with Crippen LogP contribution < -0.4 is 0 Å². The van der Waals surface area contributed by atoms with Gasteiger partial charge in [-0.2, -0.15) is 13.2 Å². The molecule has 0 amide bonds. The first-order valence-electron chi connectivity index (χ1n) is 7.87. The Hall–Kier alpha value is -1.81. The molecule has 0 aliphatic carbocycles. The summed E-state index contributed by atoms with van der Waals surface area (Å²) >= 11 is 0.